The van der Waals surface area contributed by atoms with Gasteiger partial charge in [-0.2, -0.15) is 0 Å². The van der Waals surface area contributed by atoms with Crippen molar-refractivity contribution in [1.29, 1.82) is 0 Å². The minimum absolute atomic E-state index is 0. The standard InChI is InChI=1S/C31H40N4O4S.3H2/c1-21(2)18-25(20-36)35-29(38)27(40-30(35)23-9-4-3-5-10-23)19-28(37)33-15-13-24(14-16-33)34-17-12-22-8-6-7-11-26(22)32-31(34)39;;;/h3-11,21,24-25,27,30,36H,12-20H2,1-2H3,(H,32,39);3*1H/t25-,27?,30?;;;/m1.../s1. The Morgan fingerprint density at radius 3 is 2.45 bits per heavy atom. The topological polar surface area (TPSA) is 93.2 Å². The number of urea groups is 1. The van der Waals surface area contributed by atoms with Crippen molar-refractivity contribution < 1.29 is 23.8 Å². The SMILES string of the molecule is CC(C)C[C@H](CO)N1C(=O)C(CC(=O)N2CCC(N3CCc4ccccc4NC3=O)CC2)SC1c1ccccc1.[HH].[HH].[HH]. The third-order valence-electron chi connectivity index (χ3n) is 8.27. The largest absolute Gasteiger partial charge is 0.394 e. The summed E-state index contributed by atoms with van der Waals surface area (Å²) in [7, 11) is 0. The minimum atomic E-state index is -0.480. The fourth-order valence-corrected chi connectivity index (χ4v) is 7.71. The molecule has 4 amide bonds. The van der Waals surface area contributed by atoms with Crippen LogP contribution < -0.4 is 5.32 Å². The number of anilines is 1. The lowest BCUT2D eigenvalue weighted by Gasteiger charge is -2.38. The van der Waals surface area contributed by atoms with E-state index in [0.29, 0.717) is 32.0 Å². The predicted molar refractivity (Wildman–Crippen MR) is 164 cm³/mol. The van der Waals surface area contributed by atoms with Crippen molar-refractivity contribution in [2.75, 3.05) is 31.6 Å². The number of benzene rings is 2. The van der Waals surface area contributed by atoms with E-state index in [1.165, 1.54) is 11.8 Å². The van der Waals surface area contributed by atoms with E-state index in [1.54, 1.807) is 0 Å². The number of aliphatic hydroxyl groups is 1. The Morgan fingerprint density at radius 2 is 1.75 bits per heavy atom. The molecular weight excluding hydrogens is 524 g/mol. The van der Waals surface area contributed by atoms with Gasteiger partial charge >= 0.3 is 6.03 Å². The van der Waals surface area contributed by atoms with Crippen molar-refractivity contribution in [3.8, 4) is 0 Å². The van der Waals surface area contributed by atoms with Gasteiger partial charge in [-0.05, 0) is 48.8 Å². The van der Waals surface area contributed by atoms with Crippen molar-refractivity contribution in [2.45, 2.75) is 68.7 Å². The summed E-state index contributed by atoms with van der Waals surface area (Å²) in [6, 6.07) is 17.5. The zero-order valence-corrected chi connectivity index (χ0v) is 24.2. The lowest BCUT2D eigenvalue weighted by molar-refractivity contribution is -0.138. The van der Waals surface area contributed by atoms with Crippen molar-refractivity contribution in [3.63, 3.8) is 0 Å². The number of hydrogen-bond acceptors (Lipinski definition) is 5. The summed E-state index contributed by atoms with van der Waals surface area (Å²) >= 11 is 1.52. The lowest BCUT2D eigenvalue weighted by Crippen LogP contribution is -2.50. The van der Waals surface area contributed by atoms with E-state index >= 15 is 0 Å². The summed E-state index contributed by atoms with van der Waals surface area (Å²) in [4.78, 5) is 45.6. The van der Waals surface area contributed by atoms with Crippen LogP contribution in [0.1, 0.15) is 60.3 Å². The number of carbonyl (C=O) groups is 3. The zero-order valence-electron chi connectivity index (χ0n) is 23.4. The van der Waals surface area contributed by atoms with Gasteiger partial charge in [0.05, 0.1) is 17.9 Å². The molecule has 2 aromatic rings. The lowest BCUT2D eigenvalue weighted by atomic mass is 10.0. The molecule has 5 rings (SSSR count). The van der Waals surface area contributed by atoms with Crippen LogP contribution in [-0.4, -0.2) is 81.2 Å². The van der Waals surface area contributed by atoms with Crippen molar-refractivity contribution in [1.82, 2.24) is 14.7 Å². The molecule has 3 aliphatic rings. The Morgan fingerprint density at radius 1 is 1.05 bits per heavy atom. The van der Waals surface area contributed by atoms with Crippen molar-refractivity contribution in [3.05, 3.63) is 65.7 Å². The second-order valence-electron chi connectivity index (χ2n) is 11.4. The molecule has 2 unspecified atom stereocenters. The average Bonchev–Trinajstić information content (AvgIpc) is 3.17. The first-order chi connectivity index (χ1) is 19.4. The monoisotopic (exact) mass is 570 g/mol. The molecule has 40 heavy (non-hydrogen) atoms. The van der Waals surface area contributed by atoms with E-state index in [4.69, 9.17) is 0 Å². The first kappa shape index (κ1) is 28.5. The molecule has 220 valence electrons. The first-order valence-corrected chi connectivity index (χ1v) is 15.4. The number of amides is 4. The van der Waals surface area contributed by atoms with Gasteiger partial charge in [0, 0.05) is 42.1 Å². The molecule has 0 radical (unpaired) electrons. The Balaban J connectivity index is 0.00000215. The van der Waals surface area contributed by atoms with E-state index in [2.05, 4.69) is 25.2 Å². The summed E-state index contributed by atoms with van der Waals surface area (Å²) in [5, 5.41) is 12.5. The number of nitrogens with zero attached hydrogens (tertiary/aromatic N) is 3. The molecule has 2 N–H and O–H groups in total. The quantitative estimate of drug-likeness (QED) is 0.453. The van der Waals surface area contributed by atoms with Gasteiger partial charge in [0.25, 0.3) is 0 Å². The molecule has 2 aromatic carbocycles. The second-order valence-corrected chi connectivity index (χ2v) is 12.7. The molecule has 0 saturated carbocycles. The maximum atomic E-state index is 13.7. The Kier molecular flexibility index (Phi) is 9.00. The first-order valence-electron chi connectivity index (χ1n) is 14.4. The van der Waals surface area contributed by atoms with Crippen LogP contribution in [0.3, 0.4) is 0 Å². The van der Waals surface area contributed by atoms with Gasteiger partial charge in [-0.15, -0.1) is 11.8 Å². The smallest absolute Gasteiger partial charge is 0.322 e. The van der Waals surface area contributed by atoms with Crippen LogP contribution in [0.2, 0.25) is 0 Å². The summed E-state index contributed by atoms with van der Waals surface area (Å²) in [5.74, 6) is 0.242. The number of piperidine rings is 1. The number of rotatable bonds is 8. The molecule has 2 saturated heterocycles. The van der Waals surface area contributed by atoms with Crippen LogP contribution in [0.15, 0.2) is 54.6 Å². The molecule has 8 nitrogen and oxygen atoms in total. The number of thioether (sulfide) groups is 1. The highest BCUT2D eigenvalue weighted by atomic mass is 32.2. The molecule has 0 aromatic heterocycles. The van der Waals surface area contributed by atoms with Gasteiger partial charge in [-0.1, -0.05) is 62.4 Å². The number of likely N-dealkylation sites (tertiary alicyclic amines) is 1. The van der Waals surface area contributed by atoms with E-state index in [1.807, 2.05) is 63.2 Å². The van der Waals surface area contributed by atoms with Gasteiger partial charge in [-0.25, -0.2) is 4.79 Å². The number of hydrogen-bond donors (Lipinski definition) is 2. The van der Waals surface area contributed by atoms with Gasteiger partial charge in [-0.3, -0.25) is 9.59 Å². The Labute approximate surface area is 245 Å². The van der Waals surface area contributed by atoms with Crippen LogP contribution in [0.4, 0.5) is 10.5 Å². The van der Waals surface area contributed by atoms with Crippen LogP contribution in [0.5, 0.6) is 0 Å². The van der Waals surface area contributed by atoms with Crippen molar-refractivity contribution >= 4 is 35.3 Å². The fourth-order valence-electron chi connectivity index (χ4n) is 6.20. The highest BCUT2D eigenvalue weighted by Crippen LogP contribution is 2.46. The third kappa shape index (κ3) is 6.15. The Hall–Kier alpha value is -3.04. The molecule has 2 fully saturated rings. The molecule has 3 heterocycles. The van der Waals surface area contributed by atoms with E-state index < -0.39 is 5.25 Å². The molecular formula is C31H46N4O4S. The van der Waals surface area contributed by atoms with E-state index in [0.717, 1.165) is 36.1 Å². The summed E-state index contributed by atoms with van der Waals surface area (Å²) < 4.78 is 0. The molecule has 3 atom stereocenters. The minimum Gasteiger partial charge on any atom is -0.394 e. The molecule has 0 bridgehead atoms. The highest BCUT2D eigenvalue weighted by Gasteiger charge is 2.45. The number of nitrogens with one attached hydrogen (secondary N) is 1. The van der Waals surface area contributed by atoms with Gasteiger partial charge in [0.2, 0.25) is 11.8 Å². The summed E-state index contributed by atoms with van der Waals surface area (Å²) in [6.45, 7) is 5.89. The second kappa shape index (κ2) is 12.6. The maximum Gasteiger partial charge on any atom is 0.322 e. The number of fused-ring (bicyclic) bond motifs is 1. The van der Waals surface area contributed by atoms with Crippen LogP contribution in [0.25, 0.3) is 0 Å². The number of aliphatic hydroxyl groups excluding tert-OH is 1. The summed E-state index contributed by atoms with van der Waals surface area (Å²) in [5.41, 5.74) is 3.03. The van der Waals surface area contributed by atoms with E-state index in [9.17, 15) is 19.5 Å². The highest BCUT2D eigenvalue weighted by molar-refractivity contribution is 8.01. The fraction of sp³-hybridized carbons (Fsp3) is 0.516. The molecule has 3 aliphatic heterocycles. The molecule has 0 spiro atoms. The predicted octanol–water partition coefficient (Wildman–Crippen LogP) is 5.25. The normalized spacial score (nSPS) is 22.8. The Bertz CT molecular complexity index is 1220. The average molecular weight is 571 g/mol. The maximum absolute atomic E-state index is 13.7. The number of para-hydroxylation sites is 1. The van der Waals surface area contributed by atoms with Gasteiger partial charge < -0.3 is 25.1 Å². The molecule has 9 heteroatoms. The van der Waals surface area contributed by atoms with E-state index in [-0.39, 0.29) is 52.6 Å². The van der Waals surface area contributed by atoms with Crippen molar-refractivity contribution in [2.24, 2.45) is 5.92 Å². The zero-order chi connectivity index (χ0) is 28.2. The molecule has 0 aliphatic carbocycles. The van der Waals surface area contributed by atoms with Gasteiger partial charge in [0.15, 0.2) is 0 Å². The number of carbonyl (C=O) groups excluding carboxylic acids is 3. The van der Waals surface area contributed by atoms with Crippen LogP contribution in [0, 0.1) is 5.92 Å². The van der Waals surface area contributed by atoms with Crippen LogP contribution >= 0.6 is 11.8 Å². The van der Waals surface area contributed by atoms with Gasteiger partial charge in [0.1, 0.15) is 5.37 Å². The third-order valence-corrected chi connectivity index (χ3v) is 9.72. The summed E-state index contributed by atoms with van der Waals surface area (Å²) in [6.07, 6.45) is 3.10. The van der Waals surface area contributed by atoms with Crippen LogP contribution in [-0.2, 0) is 16.0 Å².